The van der Waals surface area contributed by atoms with E-state index in [0.717, 1.165) is 0 Å². The van der Waals surface area contributed by atoms with E-state index in [1.807, 2.05) is 19.6 Å². The summed E-state index contributed by atoms with van der Waals surface area (Å²) < 4.78 is 5.59. The first-order valence-electron chi connectivity index (χ1n) is 4.42. The number of nitro benzene ring substituents is 1. The number of hydrogen-bond acceptors (Lipinski definition) is 3. The van der Waals surface area contributed by atoms with E-state index >= 15 is 0 Å². The lowest BCUT2D eigenvalue weighted by molar-refractivity contribution is -0.385. The SMILES string of the molecule is C[Si](C)(C)Oc1cc(Cl)ccc1[N+](=O)[O-]. The van der Waals surface area contributed by atoms with Crippen LogP contribution in [0, 0.1) is 10.1 Å². The maximum atomic E-state index is 10.7. The van der Waals surface area contributed by atoms with E-state index in [1.165, 1.54) is 18.2 Å². The first-order valence-corrected chi connectivity index (χ1v) is 8.21. The van der Waals surface area contributed by atoms with Crippen molar-refractivity contribution in [3.8, 4) is 5.75 Å². The van der Waals surface area contributed by atoms with Crippen molar-refractivity contribution >= 4 is 25.6 Å². The second kappa shape index (κ2) is 4.20. The number of nitrogens with zero attached hydrogens (tertiary/aromatic N) is 1. The molecule has 0 unspecified atom stereocenters. The molecule has 0 aliphatic heterocycles. The summed E-state index contributed by atoms with van der Waals surface area (Å²) in [6, 6.07) is 4.33. The third kappa shape index (κ3) is 3.52. The van der Waals surface area contributed by atoms with Crippen molar-refractivity contribution < 1.29 is 9.35 Å². The Bertz CT molecular complexity index is 389. The highest BCUT2D eigenvalue weighted by Gasteiger charge is 2.22. The fourth-order valence-electron chi connectivity index (χ4n) is 1.05. The molecule has 0 N–H and O–H groups in total. The second-order valence-electron chi connectivity index (χ2n) is 4.08. The van der Waals surface area contributed by atoms with Crippen molar-refractivity contribution in [3.63, 3.8) is 0 Å². The third-order valence-corrected chi connectivity index (χ3v) is 2.60. The largest absolute Gasteiger partial charge is 0.540 e. The summed E-state index contributed by atoms with van der Waals surface area (Å²) in [5.41, 5.74) is -0.0400. The monoisotopic (exact) mass is 245 g/mol. The predicted molar refractivity (Wildman–Crippen MR) is 62.1 cm³/mol. The number of nitro groups is 1. The van der Waals surface area contributed by atoms with Crippen molar-refractivity contribution in [1.29, 1.82) is 0 Å². The van der Waals surface area contributed by atoms with Gasteiger partial charge in [-0.2, -0.15) is 0 Å². The summed E-state index contributed by atoms with van der Waals surface area (Å²) >= 11 is 5.76. The van der Waals surface area contributed by atoms with Gasteiger partial charge in [0.25, 0.3) is 0 Å². The molecule has 6 heteroatoms. The fourth-order valence-corrected chi connectivity index (χ4v) is 2.04. The molecule has 1 rings (SSSR count). The molecule has 0 radical (unpaired) electrons. The van der Waals surface area contributed by atoms with Crippen LogP contribution in [0.4, 0.5) is 5.69 Å². The summed E-state index contributed by atoms with van der Waals surface area (Å²) in [6.45, 7) is 5.87. The third-order valence-electron chi connectivity index (χ3n) is 1.53. The van der Waals surface area contributed by atoms with Crippen LogP contribution >= 0.6 is 11.6 Å². The Morgan fingerprint density at radius 2 is 2.00 bits per heavy atom. The lowest BCUT2D eigenvalue weighted by Crippen LogP contribution is -2.29. The van der Waals surface area contributed by atoms with Crippen molar-refractivity contribution in [1.82, 2.24) is 0 Å². The topological polar surface area (TPSA) is 52.4 Å². The van der Waals surface area contributed by atoms with Crippen LogP contribution in [-0.2, 0) is 0 Å². The van der Waals surface area contributed by atoms with E-state index < -0.39 is 13.2 Å². The van der Waals surface area contributed by atoms with Crippen molar-refractivity contribution in [2.45, 2.75) is 19.6 Å². The molecule has 0 heterocycles. The molecule has 82 valence electrons. The Labute approximate surface area is 94.1 Å². The quantitative estimate of drug-likeness (QED) is 0.466. The first-order chi connectivity index (χ1) is 6.79. The molecule has 0 saturated carbocycles. The van der Waals surface area contributed by atoms with Gasteiger partial charge in [-0.05, 0) is 25.7 Å². The molecule has 15 heavy (non-hydrogen) atoms. The molecule has 1 aromatic carbocycles. The number of halogens is 1. The summed E-state index contributed by atoms with van der Waals surface area (Å²) in [6.07, 6.45) is 0. The Morgan fingerprint density at radius 3 is 2.47 bits per heavy atom. The van der Waals surface area contributed by atoms with Gasteiger partial charge in [0.1, 0.15) is 0 Å². The minimum atomic E-state index is -1.86. The lowest BCUT2D eigenvalue weighted by atomic mass is 10.3. The van der Waals surface area contributed by atoms with Gasteiger partial charge >= 0.3 is 5.69 Å². The molecular weight excluding hydrogens is 234 g/mol. The second-order valence-corrected chi connectivity index (χ2v) is 8.95. The van der Waals surface area contributed by atoms with Crippen molar-refractivity contribution in [2.24, 2.45) is 0 Å². The molecule has 0 amide bonds. The molecule has 0 aliphatic rings. The lowest BCUT2D eigenvalue weighted by Gasteiger charge is -2.18. The van der Waals surface area contributed by atoms with Crippen LogP contribution in [0.15, 0.2) is 18.2 Å². The molecule has 4 nitrogen and oxygen atoms in total. The highest BCUT2D eigenvalue weighted by Crippen LogP contribution is 2.31. The van der Waals surface area contributed by atoms with Crippen LogP contribution in [-0.4, -0.2) is 13.2 Å². The van der Waals surface area contributed by atoms with Crippen LogP contribution in [0.1, 0.15) is 0 Å². The van der Waals surface area contributed by atoms with Crippen molar-refractivity contribution in [3.05, 3.63) is 33.3 Å². The van der Waals surface area contributed by atoms with E-state index in [-0.39, 0.29) is 11.4 Å². The van der Waals surface area contributed by atoms with E-state index in [0.29, 0.717) is 5.02 Å². The highest BCUT2D eigenvalue weighted by molar-refractivity contribution is 6.70. The number of rotatable bonds is 3. The standard InChI is InChI=1S/C9H12ClNO3Si/c1-15(2,3)14-9-6-7(10)4-5-8(9)11(12)13/h4-6H,1-3H3. The van der Waals surface area contributed by atoms with Crippen LogP contribution in [0.25, 0.3) is 0 Å². The zero-order valence-electron chi connectivity index (χ0n) is 8.78. The van der Waals surface area contributed by atoms with Crippen LogP contribution in [0.5, 0.6) is 5.75 Å². The zero-order chi connectivity index (χ0) is 11.6. The van der Waals surface area contributed by atoms with E-state index in [1.54, 1.807) is 0 Å². The highest BCUT2D eigenvalue weighted by atomic mass is 35.5. The molecule has 0 bridgehead atoms. The smallest absolute Gasteiger partial charge is 0.309 e. The zero-order valence-corrected chi connectivity index (χ0v) is 10.5. The van der Waals surface area contributed by atoms with Gasteiger partial charge in [-0.1, -0.05) is 11.6 Å². The molecular formula is C9H12ClNO3Si. The van der Waals surface area contributed by atoms with E-state index in [2.05, 4.69) is 0 Å². The first kappa shape index (κ1) is 12.0. The average molecular weight is 246 g/mol. The predicted octanol–water partition coefficient (Wildman–Crippen LogP) is 3.46. The van der Waals surface area contributed by atoms with Crippen LogP contribution in [0.2, 0.25) is 24.7 Å². The Hall–Kier alpha value is -1.07. The molecule has 0 saturated heterocycles. The molecule has 0 fully saturated rings. The molecule has 0 aliphatic carbocycles. The molecule has 0 spiro atoms. The molecule has 1 aromatic rings. The normalized spacial score (nSPS) is 11.2. The summed E-state index contributed by atoms with van der Waals surface area (Å²) in [5.74, 6) is 0.256. The van der Waals surface area contributed by atoms with Gasteiger partial charge < -0.3 is 4.43 Å². The summed E-state index contributed by atoms with van der Waals surface area (Å²) in [5, 5.41) is 11.2. The maximum absolute atomic E-state index is 10.7. The Morgan fingerprint density at radius 1 is 1.40 bits per heavy atom. The van der Waals surface area contributed by atoms with Crippen LogP contribution < -0.4 is 4.43 Å². The minimum Gasteiger partial charge on any atom is -0.540 e. The Balaban J connectivity index is 3.13. The van der Waals surface area contributed by atoms with Gasteiger partial charge in [0, 0.05) is 17.2 Å². The van der Waals surface area contributed by atoms with Gasteiger partial charge in [0.05, 0.1) is 4.92 Å². The van der Waals surface area contributed by atoms with E-state index in [9.17, 15) is 10.1 Å². The molecule has 0 aromatic heterocycles. The van der Waals surface area contributed by atoms with Gasteiger partial charge in [0.2, 0.25) is 8.32 Å². The summed E-state index contributed by atoms with van der Waals surface area (Å²) in [7, 11) is -1.86. The maximum Gasteiger partial charge on any atom is 0.309 e. The minimum absolute atomic E-state index is 0.0400. The van der Waals surface area contributed by atoms with Gasteiger partial charge in [-0.15, -0.1) is 0 Å². The van der Waals surface area contributed by atoms with Gasteiger partial charge in [-0.3, -0.25) is 10.1 Å². The van der Waals surface area contributed by atoms with E-state index in [4.69, 9.17) is 16.0 Å². The van der Waals surface area contributed by atoms with Crippen molar-refractivity contribution in [2.75, 3.05) is 0 Å². The fraction of sp³-hybridized carbons (Fsp3) is 0.333. The number of benzene rings is 1. The number of hydrogen-bond donors (Lipinski definition) is 0. The van der Waals surface area contributed by atoms with Gasteiger partial charge in [-0.25, -0.2) is 0 Å². The Kier molecular flexibility index (Phi) is 3.36. The van der Waals surface area contributed by atoms with Crippen LogP contribution in [0.3, 0.4) is 0 Å². The average Bonchev–Trinajstić information content (AvgIpc) is 1.99. The van der Waals surface area contributed by atoms with Gasteiger partial charge in [0.15, 0.2) is 5.75 Å². The molecule has 0 atom stereocenters. The summed E-state index contributed by atoms with van der Waals surface area (Å²) in [4.78, 5) is 10.3.